The molecule has 0 aliphatic carbocycles. The number of aromatic nitrogens is 1. The Morgan fingerprint density at radius 1 is 1.00 bits per heavy atom. The second-order valence-electron chi connectivity index (χ2n) is 4.48. The molecule has 0 atom stereocenters. The number of fused-ring (bicyclic) bond motifs is 1. The van der Waals surface area contributed by atoms with Gasteiger partial charge in [-0.2, -0.15) is 0 Å². The maximum absolute atomic E-state index is 13.2. The SMILES string of the molecule is O=C(Nc1ccc(F)c(F)c1)c1c[nH]c2ccc(F)cc12. The van der Waals surface area contributed by atoms with Crippen LogP contribution in [0.5, 0.6) is 0 Å². The number of rotatable bonds is 2. The predicted octanol–water partition coefficient (Wildman–Crippen LogP) is 3.84. The van der Waals surface area contributed by atoms with Crippen LogP contribution < -0.4 is 5.32 Å². The molecule has 6 heteroatoms. The van der Waals surface area contributed by atoms with E-state index in [2.05, 4.69) is 10.3 Å². The Hall–Kier alpha value is -2.76. The van der Waals surface area contributed by atoms with E-state index in [4.69, 9.17) is 0 Å². The molecule has 3 rings (SSSR count). The first-order chi connectivity index (χ1) is 10.0. The van der Waals surface area contributed by atoms with Crippen molar-refractivity contribution in [3.63, 3.8) is 0 Å². The minimum Gasteiger partial charge on any atom is -0.360 e. The number of H-pyrrole nitrogens is 1. The van der Waals surface area contributed by atoms with Gasteiger partial charge in [-0.05, 0) is 30.3 Å². The fraction of sp³-hybridized carbons (Fsp3) is 0. The highest BCUT2D eigenvalue weighted by Crippen LogP contribution is 2.21. The molecule has 0 fully saturated rings. The maximum Gasteiger partial charge on any atom is 0.257 e. The van der Waals surface area contributed by atoms with E-state index in [1.54, 1.807) is 0 Å². The van der Waals surface area contributed by atoms with Gasteiger partial charge in [0.2, 0.25) is 0 Å². The van der Waals surface area contributed by atoms with Gasteiger partial charge in [0.1, 0.15) is 5.82 Å². The number of nitrogens with one attached hydrogen (secondary N) is 2. The average molecular weight is 290 g/mol. The summed E-state index contributed by atoms with van der Waals surface area (Å²) in [6, 6.07) is 7.05. The summed E-state index contributed by atoms with van der Waals surface area (Å²) in [5.41, 5.74) is 0.936. The Bertz CT molecular complexity index is 842. The zero-order chi connectivity index (χ0) is 15.0. The van der Waals surface area contributed by atoms with Gasteiger partial charge in [-0.25, -0.2) is 13.2 Å². The van der Waals surface area contributed by atoms with Crippen LogP contribution in [0, 0.1) is 17.5 Å². The number of benzene rings is 2. The lowest BCUT2D eigenvalue weighted by atomic mass is 10.1. The van der Waals surface area contributed by atoms with Crippen LogP contribution in [-0.4, -0.2) is 10.9 Å². The summed E-state index contributed by atoms with van der Waals surface area (Å²) in [4.78, 5) is 15.0. The first-order valence-corrected chi connectivity index (χ1v) is 6.07. The van der Waals surface area contributed by atoms with Gasteiger partial charge in [-0.1, -0.05) is 0 Å². The fourth-order valence-corrected chi connectivity index (χ4v) is 2.05. The number of anilines is 1. The van der Waals surface area contributed by atoms with Crippen molar-refractivity contribution < 1.29 is 18.0 Å². The Balaban J connectivity index is 1.93. The van der Waals surface area contributed by atoms with Crippen LogP contribution in [0.3, 0.4) is 0 Å². The van der Waals surface area contributed by atoms with Crippen molar-refractivity contribution in [2.45, 2.75) is 0 Å². The fourth-order valence-electron chi connectivity index (χ4n) is 2.05. The molecule has 3 nitrogen and oxygen atoms in total. The summed E-state index contributed by atoms with van der Waals surface area (Å²) >= 11 is 0. The topological polar surface area (TPSA) is 44.9 Å². The molecule has 0 bridgehead atoms. The number of carbonyl (C=O) groups is 1. The second kappa shape index (κ2) is 4.97. The lowest BCUT2D eigenvalue weighted by Crippen LogP contribution is -2.11. The Kier molecular flexibility index (Phi) is 3.13. The smallest absolute Gasteiger partial charge is 0.257 e. The van der Waals surface area contributed by atoms with Gasteiger partial charge in [0.25, 0.3) is 5.91 Å². The van der Waals surface area contributed by atoms with Crippen molar-refractivity contribution in [3.05, 3.63) is 65.6 Å². The standard InChI is InChI=1S/C15H9F3N2O/c16-8-1-4-14-10(5-8)11(7-19-14)15(21)20-9-2-3-12(17)13(18)6-9/h1-7,19H,(H,20,21). The lowest BCUT2D eigenvalue weighted by molar-refractivity contribution is 0.102. The maximum atomic E-state index is 13.2. The minimum absolute atomic E-state index is 0.115. The highest BCUT2D eigenvalue weighted by molar-refractivity contribution is 6.12. The third-order valence-electron chi connectivity index (χ3n) is 3.07. The molecule has 106 valence electrons. The van der Waals surface area contributed by atoms with E-state index in [9.17, 15) is 18.0 Å². The molecule has 3 aromatic rings. The van der Waals surface area contributed by atoms with Crippen LogP contribution in [-0.2, 0) is 0 Å². The number of aromatic amines is 1. The van der Waals surface area contributed by atoms with Gasteiger partial charge in [-0.15, -0.1) is 0 Å². The molecule has 2 N–H and O–H groups in total. The summed E-state index contributed by atoms with van der Waals surface area (Å²) in [7, 11) is 0. The Morgan fingerprint density at radius 3 is 2.57 bits per heavy atom. The third kappa shape index (κ3) is 2.47. The molecule has 1 aromatic heterocycles. The van der Waals surface area contributed by atoms with E-state index < -0.39 is 23.4 Å². The van der Waals surface area contributed by atoms with Crippen molar-refractivity contribution in [2.75, 3.05) is 5.32 Å². The van der Waals surface area contributed by atoms with Crippen molar-refractivity contribution in [3.8, 4) is 0 Å². The highest BCUT2D eigenvalue weighted by Gasteiger charge is 2.13. The summed E-state index contributed by atoms with van der Waals surface area (Å²) in [6.07, 6.45) is 1.43. The van der Waals surface area contributed by atoms with Gasteiger partial charge in [-0.3, -0.25) is 4.79 Å². The van der Waals surface area contributed by atoms with Crippen LogP contribution in [0.1, 0.15) is 10.4 Å². The summed E-state index contributed by atoms with van der Waals surface area (Å²) < 4.78 is 39.2. The molecule has 0 aliphatic rings. The molecular formula is C15H9F3N2O. The lowest BCUT2D eigenvalue weighted by Gasteiger charge is -2.05. The van der Waals surface area contributed by atoms with E-state index in [-0.39, 0.29) is 11.3 Å². The van der Waals surface area contributed by atoms with Crippen molar-refractivity contribution in [1.82, 2.24) is 4.98 Å². The van der Waals surface area contributed by atoms with Gasteiger partial charge < -0.3 is 10.3 Å². The number of halogens is 3. The second-order valence-corrected chi connectivity index (χ2v) is 4.48. The molecule has 1 heterocycles. The summed E-state index contributed by atoms with van der Waals surface area (Å²) in [5.74, 6) is -3.07. The first kappa shape index (κ1) is 13.2. The van der Waals surface area contributed by atoms with Crippen LogP contribution in [0.25, 0.3) is 10.9 Å². The molecule has 0 saturated heterocycles. The Labute approximate surface area is 117 Å². The summed E-state index contributed by atoms with van der Waals surface area (Å²) in [5, 5.41) is 2.85. The van der Waals surface area contributed by atoms with E-state index in [0.29, 0.717) is 10.9 Å². The monoisotopic (exact) mass is 290 g/mol. The van der Waals surface area contributed by atoms with E-state index in [0.717, 1.165) is 12.1 Å². The van der Waals surface area contributed by atoms with Crippen LogP contribution >= 0.6 is 0 Å². The van der Waals surface area contributed by atoms with Gasteiger partial charge in [0.05, 0.1) is 5.56 Å². The number of amides is 1. The number of hydrogen-bond donors (Lipinski definition) is 2. The first-order valence-electron chi connectivity index (χ1n) is 6.07. The molecular weight excluding hydrogens is 281 g/mol. The molecule has 1 amide bonds. The molecule has 21 heavy (non-hydrogen) atoms. The van der Waals surface area contributed by atoms with Crippen LogP contribution in [0.2, 0.25) is 0 Å². The average Bonchev–Trinajstić information content (AvgIpc) is 2.86. The third-order valence-corrected chi connectivity index (χ3v) is 3.07. The van der Waals surface area contributed by atoms with E-state index in [1.807, 2.05) is 0 Å². The molecule has 2 aromatic carbocycles. The van der Waals surface area contributed by atoms with Gasteiger partial charge in [0, 0.05) is 28.9 Å². The van der Waals surface area contributed by atoms with Gasteiger partial charge >= 0.3 is 0 Å². The van der Waals surface area contributed by atoms with Crippen molar-refractivity contribution >= 4 is 22.5 Å². The van der Waals surface area contributed by atoms with Crippen molar-refractivity contribution in [2.24, 2.45) is 0 Å². The molecule has 0 unspecified atom stereocenters. The quantitative estimate of drug-likeness (QED) is 0.740. The van der Waals surface area contributed by atoms with Crippen LogP contribution in [0.4, 0.5) is 18.9 Å². The zero-order valence-corrected chi connectivity index (χ0v) is 10.6. The largest absolute Gasteiger partial charge is 0.360 e. The molecule has 0 spiro atoms. The minimum atomic E-state index is -1.06. The predicted molar refractivity (Wildman–Crippen MR) is 72.6 cm³/mol. The molecule has 0 radical (unpaired) electrons. The number of hydrogen-bond acceptors (Lipinski definition) is 1. The van der Waals surface area contributed by atoms with Crippen LogP contribution in [0.15, 0.2) is 42.6 Å². The van der Waals surface area contributed by atoms with E-state index in [1.165, 1.54) is 30.5 Å². The normalized spacial score (nSPS) is 10.8. The van der Waals surface area contributed by atoms with E-state index >= 15 is 0 Å². The van der Waals surface area contributed by atoms with Gasteiger partial charge in [0.15, 0.2) is 11.6 Å². The molecule has 0 saturated carbocycles. The summed E-state index contributed by atoms with van der Waals surface area (Å²) in [6.45, 7) is 0. The Morgan fingerprint density at radius 2 is 1.81 bits per heavy atom. The molecule has 0 aliphatic heterocycles. The zero-order valence-electron chi connectivity index (χ0n) is 10.6. The van der Waals surface area contributed by atoms with Crippen molar-refractivity contribution in [1.29, 1.82) is 0 Å². The number of carbonyl (C=O) groups excluding carboxylic acids is 1. The highest BCUT2D eigenvalue weighted by atomic mass is 19.2.